The summed E-state index contributed by atoms with van der Waals surface area (Å²) < 4.78 is 31.5. The van der Waals surface area contributed by atoms with Crippen LogP contribution in [0.1, 0.15) is 21.1 Å². The van der Waals surface area contributed by atoms with E-state index in [2.05, 4.69) is 9.88 Å². The van der Waals surface area contributed by atoms with Gasteiger partial charge in [-0.15, -0.1) is 11.3 Å². The van der Waals surface area contributed by atoms with Gasteiger partial charge in [-0.25, -0.2) is 13.4 Å². The van der Waals surface area contributed by atoms with Gasteiger partial charge in [0.05, 0.1) is 11.2 Å². The molecule has 1 saturated heterocycles. The second-order valence-electron chi connectivity index (χ2n) is 5.52. The largest absolute Gasteiger partial charge is 0.438 e. The number of hydrogen-bond donors (Lipinski definition) is 1. The molecule has 1 aliphatic rings. The van der Waals surface area contributed by atoms with Crippen LogP contribution in [-0.2, 0) is 16.6 Å². The Morgan fingerprint density at radius 1 is 1.33 bits per heavy atom. The molecule has 0 unspecified atom stereocenters. The molecule has 3 rings (SSSR count). The smallest absolute Gasteiger partial charge is 0.284 e. The maximum absolute atomic E-state index is 12.6. The zero-order valence-corrected chi connectivity index (χ0v) is 14.8. The lowest BCUT2D eigenvalue weighted by Gasteiger charge is -2.33. The van der Waals surface area contributed by atoms with Crippen LogP contribution in [0.25, 0.3) is 0 Å². The van der Waals surface area contributed by atoms with E-state index in [1.165, 1.54) is 21.3 Å². The Hall–Kier alpha value is -1.75. The van der Waals surface area contributed by atoms with E-state index in [0.717, 1.165) is 12.2 Å². The van der Waals surface area contributed by atoms with Gasteiger partial charge in [-0.1, -0.05) is 0 Å². The van der Waals surface area contributed by atoms with E-state index >= 15 is 0 Å². The van der Waals surface area contributed by atoms with Crippen LogP contribution < -0.4 is 5.73 Å². The third-order valence-electron chi connectivity index (χ3n) is 3.96. The fourth-order valence-electron chi connectivity index (χ4n) is 2.53. The van der Waals surface area contributed by atoms with Crippen LogP contribution in [0.2, 0.25) is 0 Å². The molecule has 8 nitrogen and oxygen atoms in total. The molecule has 2 N–H and O–H groups in total. The highest BCUT2D eigenvalue weighted by atomic mass is 32.2. The summed E-state index contributed by atoms with van der Waals surface area (Å²) in [5.74, 6) is -0.950. The quantitative estimate of drug-likeness (QED) is 0.827. The van der Waals surface area contributed by atoms with E-state index in [4.69, 9.17) is 10.2 Å². The summed E-state index contributed by atoms with van der Waals surface area (Å²) in [5, 5.41) is -0.247. The normalized spacial score (nSPS) is 17.2. The zero-order chi connectivity index (χ0) is 17.3. The van der Waals surface area contributed by atoms with Crippen molar-refractivity contribution >= 4 is 27.3 Å². The number of aryl methyl sites for hydroxylation is 1. The molecule has 0 aliphatic carbocycles. The SMILES string of the molecule is Cc1ncsc1CN1CCN(S(=O)(=O)c2ccc(C(N)=O)o2)CC1. The number of furan rings is 1. The van der Waals surface area contributed by atoms with E-state index in [0.29, 0.717) is 26.2 Å². The standard InChI is InChI=1S/C14H18N4O4S2/c1-10-12(23-9-16-10)8-17-4-6-18(7-5-17)24(20,21)13-3-2-11(22-13)14(15)19/h2-3,9H,4-8H2,1H3,(H2,15,19). The van der Waals surface area contributed by atoms with Gasteiger partial charge in [0, 0.05) is 37.6 Å². The average Bonchev–Trinajstić information content (AvgIpc) is 3.18. The van der Waals surface area contributed by atoms with Crippen molar-refractivity contribution in [3.63, 3.8) is 0 Å². The number of nitrogens with two attached hydrogens (primary N) is 1. The van der Waals surface area contributed by atoms with E-state index in [1.807, 2.05) is 12.4 Å². The molecule has 0 aromatic carbocycles. The van der Waals surface area contributed by atoms with Crippen LogP contribution >= 0.6 is 11.3 Å². The van der Waals surface area contributed by atoms with Crippen LogP contribution in [0.15, 0.2) is 27.2 Å². The first-order valence-electron chi connectivity index (χ1n) is 7.39. The number of sulfonamides is 1. The molecule has 0 bridgehead atoms. The van der Waals surface area contributed by atoms with E-state index < -0.39 is 15.9 Å². The number of piperazine rings is 1. The first kappa shape index (κ1) is 17.1. The second kappa shape index (κ2) is 6.63. The number of carbonyl (C=O) groups is 1. The highest BCUT2D eigenvalue weighted by molar-refractivity contribution is 7.89. The molecule has 1 amide bonds. The van der Waals surface area contributed by atoms with Crippen molar-refractivity contribution in [2.75, 3.05) is 26.2 Å². The summed E-state index contributed by atoms with van der Waals surface area (Å²) in [5.41, 5.74) is 7.93. The Morgan fingerprint density at radius 2 is 2.04 bits per heavy atom. The lowest BCUT2D eigenvalue weighted by Crippen LogP contribution is -2.48. The number of hydrogen-bond acceptors (Lipinski definition) is 7. The van der Waals surface area contributed by atoms with Gasteiger partial charge in [0.25, 0.3) is 15.9 Å². The second-order valence-corrected chi connectivity index (χ2v) is 8.33. The van der Waals surface area contributed by atoms with Gasteiger partial charge in [-0.3, -0.25) is 9.69 Å². The Morgan fingerprint density at radius 3 is 2.58 bits per heavy atom. The Bertz CT molecular complexity index is 835. The lowest BCUT2D eigenvalue weighted by molar-refractivity contribution is 0.0968. The van der Waals surface area contributed by atoms with Crippen molar-refractivity contribution in [3.05, 3.63) is 34.0 Å². The summed E-state index contributed by atoms with van der Waals surface area (Å²) in [6.45, 7) is 4.73. The summed E-state index contributed by atoms with van der Waals surface area (Å²) in [7, 11) is -3.75. The van der Waals surface area contributed by atoms with Gasteiger partial charge in [0.2, 0.25) is 5.09 Å². The lowest BCUT2D eigenvalue weighted by atomic mass is 10.3. The fourth-order valence-corrected chi connectivity index (χ4v) is 4.68. The molecule has 0 spiro atoms. The van der Waals surface area contributed by atoms with Crippen molar-refractivity contribution in [1.29, 1.82) is 0 Å². The molecule has 130 valence electrons. The number of amides is 1. The predicted molar refractivity (Wildman–Crippen MR) is 88.1 cm³/mol. The highest BCUT2D eigenvalue weighted by Crippen LogP contribution is 2.21. The minimum Gasteiger partial charge on any atom is -0.438 e. The van der Waals surface area contributed by atoms with Crippen molar-refractivity contribution in [3.8, 4) is 0 Å². The fraction of sp³-hybridized carbons (Fsp3) is 0.429. The Labute approximate surface area is 143 Å². The van der Waals surface area contributed by atoms with Gasteiger partial charge in [0.1, 0.15) is 0 Å². The van der Waals surface area contributed by atoms with E-state index in [9.17, 15) is 13.2 Å². The summed E-state index contributed by atoms with van der Waals surface area (Å²) in [6.07, 6.45) is 0. The molecule has 3 heterocycles. The number of carbonyl (C=O) groups excluding carboxylic acids is 1. The van der Waals surface area contributed by atoms with Crippen molar-refractivity contribution in [2.45, 2.75) is 18.6 Å². The molecular weight excluding hydrogens is 352 g/mol. The maximum atomic E-state index is 12.6. The van der Waals surface area contributed by atoms with Crippen molar-refractivity contribution in [1.82, 2.24) is 14.2 Å². The monoisotopic (exact) mass is 370 g/mol. The topological polar surface area (TPSA) is 110 Å². The average molecular weight is 370 g/mol. The number of primary amides is 1. The Balaban J connectivity index is 1.64. The van der Waals surface area contributed by atoms with Gasteiger partial charge in [0.15, 0.2) is 5.76 Å². The molecule has 1 aliphatic heterocycles. The van der Waals surface area contributed by atoms with Crippen molar-refractivity contribution in [2.24, 2.45) is 5.73 Å². The maximum Gasteiger partial charge on any atom is 0.284 e. The van der Waals surface area contributed by atoms with E-state index in [1.54, 1.807) is 11.3 Å². The third-order valence-corrected chi connectivity index (χ3v) is 6.65. The van der Waals surface area contributed by atoms with Gasteiger partial charge in [-0.2, -0.15) is 4.31 Å². The molecule has 10 heteroatoms. The molecular formula is C14H18N4O4S2. The van der Waals surface area contributed by atoms with Crippen molar-refractivity contribution < 1.29 is 17.6 Å². The molecule has 0 atom stereocenters. The van der Waals surface area contributed by atoms with Crippen LogP contribution in [0.4, 0.5) is 0 Å². The van der Waals surface area contributed by atoms with Gasteiger partial charge >= 0.3 is 0 Å². The van der Waals surface area contributed by atoms with Crippen LogP contribution in [-0.4, -0.2) is 54.7 Å². The van der Waals surface area contributed by atoms with Crippen LogP contribution in [0.3, 0.4) is 0 Å². The summed E-state index contributed by atoms with van der Waals surface area (Å²) >= 11 is 1.61. The first-order valence-corrected chi connectivity index (χ1v) is 9.71. The molecule has 2 aromatic rings. The highest BCUT2D eigenvalue weighted by Gasteiger charge is 2.31. The molecule has 1 fully saturated rings. The third kappa shape index (κ3) is 3.36. The molecule has 24 heavy (non-hydrogen) atoms. The van der Waals surface area contributed by atoms with Crippen LogP contribution in [0.5, 0.6) is 0 Å². The molecule has 2 aromatic heterocycles. The summed E-state index contributed by atoms with van der Waals surface area (Å²) in [6, 6.07) is 2.54. The first-order chi connectivity index (χ1) is 11.4. The molecule has 0 radical (unpaired) electrons. The van der Waals surface area contributed by atoms with Gasteiger partial charge in [-0.05, 0) is 19.1 Å². The predicted octanol–water partition coefficient (Wildman–Crippen LogP) is 0.650. The zero-order valence-electron chi connectivity index (χ0n) is 13.1. The van der Waals surface area contributed by atoms with Crippen LogP contribution in [0, 0.1) is 6.92 Å². The number of rotatable bonds is 5. The number of aromatic nitrogens is 1. The summed E-state index contributed by atoms with van der Waals surface area (Å²) in [4.78, 5) is 18.7. The minimum absolute atomic E-state index is 0.159. The Kier molecular flexibility index (Phi) is 4.72. The van der Waals surface area contributed by atoms with Gasteiger partial charge < -0.3 is 10.2 Å². The molecule has 0 saturated carbocycles. The minimum atomic E-state index is -3.75. The number of thiazole rings is 1. The van der Waals surface area contributed by atoms with E-state index in [-0.39, 0.29) is 10.9 Å². The number of nitrogens with zero attached hydrogens (tertiary/aromatic N) is 3.